The monoisotopic (exact) mass is 365 g/mol. The van der Waals surface area contributed by atoms with Crippen LogP contribution in [-0.4, -0.2) is 33.7 Å². The van der Waals surface area contributed by atoms with E-state index in [4.69, 9.17) is 4.98 Å². The minimum atomic E-state index is -0.698. The summed E-state index contributed by atoms with van der Waals surface area (Å²) in [6, 6.07) is 16.3. The quantitative estimate of drug-likeness (QED) is 0.739. The minimum Gasteiger partial charge on any atom is -0.481 e. The number of carboxylic acids is 1. The molecule has 5 nitrogen and oxygen atoms in total. The average Bonchev–Trinajstić information content (AvgIpc) is 3.07. The molecule has 2 heterocycles. The number of piperidine rings is 1. The molecule has 2 aromatic carbocycles. The third-order valence-corrected chi connectivity index (χ3v) is 5.03. The van der Waals surface area contributed by atoms with E-state index in [0.717, 1.165) is 47.5 Å². The zero-order chi connectivity index (χ0) is 19.4. The number of carboxylic acid groups (broad SMARTS) is 1. The van der Waals surface area contributed by atoms with Gasteiger partial charge in [0, 0.05) is 31.4 Å². The predicted molar refractivity (Wildman–Crippen MR) is 110 cm³/mol. The molecule has 0 unspecified atom stereocenters. The van der Waals surface area contributed by atoms with Crippen LogP contribution in [0.3, 0.4) is 0 Å². The van der Waals surface area contributed by atoms with Crippen LogP contribution in [0.1, 0.15) is 26.7 Å². The molecule has 0 bridgehead atoms. The molecular weight excluding hydrogens is 338 g/mol. The second kappa shape index (κ2) is 8.25. The standard InChI is InChI=1S/C20H21N3O2.C2H6/c1-22-18-10-3-2-9-17(18)21-19(22)14-6-4-8-16(12-14)23-11-5-7-15(13-23)20(24)25;1-2/h2-4,6,8-10,12,15H,5,7,11,13H2,1H3,(H,24,25);1-2H3/t15-;/m1./s1. The van der Waals surface area contributed by atoms with Crippen molar-refractivity contribution < 1.29 is 9.90 Å². The van der Waals surface area contributed by atoms with E-state index in [1.165, 1.54) is 0 Å². The number of aromatic nitrogens is 2. The fourth-order valence-electron chi connectivity index (χ4n) is 3.66. The summed E-state index contributed by atoms with van der Waals surface area (Å²) in [4.78, 5) is 18.3. The van der Waals surface area contributed by atoms with Gasteiger partial charge in [0.15, 0.2) is 0 Å². The molecule has 27 heavy (non-hydrogen) atoms. The molecule has 4 rings (SSSR count). The molecule has 0 amide bonds. The lowest BCUT2D eigenvalue weighted by molar-refractivity contribution is -0.141. The molecule has 0 aliphatic carbocycles. The summed E-state index contributed by atoms with van der Waals surface area (Å²) in [5.41, 5.74) is 4.20. The van der Waals surface area contributed by atoms with Crippen LogP contribution in [0.2, 0.25) is 0 Å². The van der Waals surface area contributed by atoms with E-state index >= 15 is 0 Å². The summed E-state index contributed by atoms with van der Waals surface area (Å²) in [5, 5.41) is 9.31. The Kier molecular flexibility index (Phi) is 5.79. The van der Waals surface area contributed by atoms with E-state index < -0.39 is 5.97 Å². The molecule has 1 aliphatic rings. The lowest BCUT2D eigenvalue weighted by Gasteiger charge is -2.32. The summed E-state index contributed by atoms with van der Waals surface area (Å²) in [7, 11) is 2.03. The number of hydrogen-bond acceptors (Lipinski definition) is 3. The van der Waals surface area contributed by atoms with Crippen molar-refractivity contribution in [3.63, 3.8) is 0 Å². The number of nitrogens with zero attached hydrogens (tertiary/aromatic N) is 3. The lowest BCUT2D eigenvalue weighted by Crippen LogP contribution is -2.38. The van der Waals surface area contributed by atoms with Crippen LogP contribution in [0.5, 0.6) is 0 Å². The molecule has 1 aromatic heterocycles. The summed E-state index contributed by atoms with van der Waals surface area (Å²) in [5.74, 6) is -0.0563. The average molecular weight is 365 g/mol. The van der Waals surface area contributed by atoms with Crippen LogP contribution >= 0.6 is 0 Å². The Hall–Kier alpha value is -2.82. The van der Waals surface area contributed by atoms with Gasteiger partial charge in [-0.25, -0.2) is 4.98 Å². The SMILES string of the molecule is CC.Cn1c(-c2cccc(N3CCC[C@@H](C(=O)O)C3)c2)nc2ccccc21. The van der Waals surface area contributed by atoms with Crippen molar-refractivity contribution in [2.45, 2.75) is 26.7 Å². The van der Waals surface area contributed by atoms with Gasteiger partial charge in [0.2, 0.25) is 0 Å². The number of carbonyl (C=O) groups is 1. The first kappa shape index (κ1) is 19.0. The van der Waals surface area contributed by atoms with Gasteiger partial charge in [-0.3, -0.25) is 4.79 Å². The van der Waals surface area contributed by atoms with Crippen molar-refractivity contribution >= 4 is 22.7 Å². The third-order valence-electron chi connectivity index (χ3n) is 5.03. The predicted octanol–water partition coefficient (Wildman–Crippen LogP) is 4.57. The number of imidazole rings is 1. The summed E-state index contributed by atoms with van der Waals surface area (Å²) >= 11 is 0. The van der Waals surface area contributed by atoms with E-state index in [2.05, 4.69) is 33.7 Å². The van der Waals surface area contributed by atoms with Crippen molar-refractivity contribution in [2.24, 2.45) is 13.0 Å². The molecule has 0 saturated carbocycles. The van der Waals surface area contributed by atoms with Gasteiger partial charge < -0.3 is 14.6 Å². The van der Waals surface area contributed by atoms with Gasteiger partial charge in [0.25, 0.3) is 0 Å². The number of aryl methyl sites for hydroxylation is 1. The van der Waals surface area contributed by atoms with Crippen molar-refractivity contribution in [2.75, 3.05) is 18.0 Å². The number of benzene rings is 2. The smallest absolute Gasteiger partial charge is 0.308 e. The molecule has 0 spiro atoms. The Labute approximate surface area is 160 Å². The Morgan fingerprint density at radius 1 is 1.15 bits per heavy atom. The van der Waals surface area contributed by atoms with Gasteiger partial charge in [0.05, 0.1) is 17.0 Å². The number of anilines is 1. The molecule has 5 heteroatoms. The van der Waals surface area contributed by atoms with Gasteiger partial charge in [0.1, 0.15) is 5.82 Å². The van der Waals surface area contributed by atoms with Crippen LogP contribution in [0, 0.1) is 5.92 Å². The number of aliphatic carboxylic acids is 1. The topological polar surface area (TPSA) is 58.4 Å². The molecule has 1 fully saturated rings. The van der Waals surface area contributed by atoms with Crippen LogP contribution in [0.4, 0.5) is 5.69 Å². The zero-order valence-electron chi connectivity index (χ0n) is 16.2. The third kappa shape index (κ3) is 3.82. The largest absolute Gasteiger partial charge is 0.481 e. The molecular formula is C22H27N3O2. The van der Waals surface area contributed by atoms with E-state index in [1.54, 1.807) is 0 Å². The Bertz CT molecular complexity index is 932. The Balaban J connectivity index is 0.00000102. The fourth-order valence-corrected chi connectivity index (χ4v) is 3.66. The van der Waals surface area contributed by atoms with Crippen LogP contribution in [-0.2, 0) is 11.8 Å². The van der Waals surface area contributed by atoms with Crippen LogP contribution < -0.4 is 4.90 Å². The highest BCUT2D eigenvalue weighted by atomic mass is 16.4. The second-order valence-electron chi connectivity index (χ2n) is 6.66. The number of fused-ring (bicyclic) bond motifs is 1. The minimum absolute atomic E-state index is 0.284. The second-order valence-corrected chi connectivity index (χ2v) is 6.66. The van der Waals surface area contributed by atoms with Crippen molar-refractivity contribution in [3.05, 3.63) is 48.5 Å². The molecule has 1 saturated heterocycles. The highest BCUT2D eigenvalue weighted by Gasteiger charge is 2.25. The first-order valence-corrected chi connectivity index (χ1v) is 9.63. The van der Waals surface area contributed by atoms with Gasteiger partial charge in [-0.2, -0.15) is 0 Å². The van der Waals surface area contributed by atoms with Gasteiger partial charge in [-0.05, 0) is 37.1 Å². The van der Waals surface area contributed by atoms with Crippen molar-refractivity contribution in [1.82, 2.24) is 9.55 Å². The first-order valence-electron chi connectivity index (χ1n) is 9.63. The van der Waals surface area contributed by atoms with E-state index in [-0.39, 0.29) is 5.92 Å². The summed E-state index contributed by atoms with van der Waals surface area (Å²) in [6.45, 7) is 5.47. The highest BCUT2D eigenvalue weighted by Crippen LogP contribution is 2.29. The number of rotatable bonds is 3. The van der Waals surface area contributed by atoms with Crippen LogP contribution in [0.15, 0.2) is 48.5 Å². The maximum Gasteiger partial charge on any atom is 0.308 e. The first-order chi connectivity index (χ1) is 13.1. The maximum atomic E-state index is 11.3. The molecule has 1 atom stereocenters. The zero-order valence-corrected chi connectivity index (χ0v) is 16.2. The Morgan fingerprint density at radius 2 is 1.93 bits per heavy atom. The maximum absolute atomic E-state index is 11.3. The van der Waals surface area contributed by atoms with Crippen molar-refractivity contribution in [1.29, 1.82) is 0 Å². The molecule has 3 aromatic rings. The molecule has 142 valence electrons. The summed E-state index contributed by atoms with van der Waals surface area (Å²) < 4.78 is 2.10. The Morgan fingerprint density at radius 3 is 2.67 bits per heavy atom. The normalized spacial score (nSPS) is 16.7. The molecule has 1 aliphatic heterocycles. The lowest BCUT2D eigenvalue weighted by atomic mass is 9.97. The fraction of sp³-hybridized carbons (Fsp3) is 0.364. The van der Waals surface area contributed by atoms with E-state index in [9.17, 15) is 9.90 Å². The van der Waals surface area contributed by atoms with Gasteiger partial charge in [-0.15, -0.1) is 0 Å². The van der Waals surface area contributed by atoms with Crippen LogP contribution in [0.25, 0.3) is 22.4 Å². The van der Waals surface area contributed by atoms with Gasteiger partial charge in [-0.1, -0.05) is 38.1 Å². The number of hydrogen-bond donors (Lipinski definition) is 1. The molecule has 0 radical (unpaired) electrons. The van der Waals surface area contributed by atoms with Gasteiger partial charge >= 0.3 is 5.97 Å². The van der Waals surface area contributed by atoms with E-state index in [1.807, 2.05) is 45.2 Å². The summed E-state index contributed by atoms with van der Waals surface area (Å²) in [6.07, 6.45) is 1.67. The van der Waals surface area contributed by atoms with Crippen molar-refractivity contribution in [3.8, 4) is 11.4 Å². The number of para-hydroxylation sites is 2. The molecule has 1 N–H and O–H groups in total. The highest BCUT2D eigenvalue weighted by molar-refractivity contribution is 5.81. The van der Waals surface area contributed by atoms with E-state index in [0.29, 0.717) is 6.54 Å².